The largest absolute Gasteiger partial charge is 0.417 e. The zero-order valence-corrected chi connectivity index (χ0v) is 9.66. The van der Waals surface area contributed by atoms with E-state index in [1.807, 2.05) is 0 Å². The quantitative estimate of drug-likeness (QED) is 0.886. The van der Waals surface area contributed by atoms with Crippen molar-refractivity contribution in [3.63, 3.8) is 0 Å². The maximum absolute atomic E-state index is 13.6. The van der Waals surface area contributed by atoms with Gasteiger partial charge in [-0.05, 0) is 25.6 Å². The molecule has 0 aliphatic carbocycles. The molecule has 90 valence electrons. The van der Waals surface area contributed by atoms with Crippen molar-refractivity contribution in [2.45, 2.75) is 13.5 Å². The van der Waals surface area contributed by atoms with E-state index in [0.717, 1.165) is 0 Å². The van der Waals surface area contributed by atoms with Gasteiger partial charge in [-0.2, -0.15) is 4.98 Å². The van der Waals surface area contributed by atoms with Gasteiger partial charge in [-0.1, -0.05) is 12.1 Å². The number of hydrogen-bond donors (Lipinski definition) is 1. The molecule has 0 aliphatic rings. The molecule has 0 spiro atoms. The van der Waals surface area contributed by atoms with Gasteiger partial charge in [0.1, 0.15) is 6.26 Å². The van der Waals surface area contributed by atoms with Crippen LogP contribution in [0.1, 0.15) is 11.3 Å². The molecule has 4 nitrogen and oxygen atoms in total. The third kappa shape index (κ3) is 2.62. The van der Waals surface area contributed by atoms with Gasteiger partial charge in [-0.25, -0.2) is 4.39 Å². The summed E-state index contributed by atoms with van der Waals surface area (Å²) in [5.41, 5.74) is 1.22. The summed E-state index contributed by atoms with van der Waals surface area (Å²) < 4.78 is 23.9. The van der Waals surface area contributed by atoms with Crippen LogP contribution in [0.25, 0.3) is 0 Å². The highest BCUT2D eigenvalue weighted by Crippen LogP contribution is 2.25. The first-order valence-electron chi connectivity index (χ1n) is 5.22. The number of halogens is 1. The van der Waals surface area contributed by atoms with Gasteiger partial charge in [0.05, 0.1) is 5.69 Å². The van der Waals surface area contributed by atoms with Crippen molar-refractivity contribution in [2.75, 3.05) is 7.05 Å². The summed E-state index contributed by atoms with van der Waals surface area (Å²) >= 11 is 0. The van der Waals surface area contributed by atoms with Crippen molar-refractivity contribution in [1.29, 1.82) is 0 Å². The Labute approximate surface area is 98.4 Å². The second kappa shape index (κ2) is 4.97. The highest BCUT2D eigenvalue weighted by Gasteiger charge is 2.10. The number of hydrogen-bond acceptors (Lipinski definition) is 4. The van der Waals surface area contributed by atoms with Gasteiger partial charge in [-0.15, -0.1) is 0 Å². The molecule has 1 aromatic heterocycles. The fraction of sp³-hybridized carbons (Fsp3) is 0.250. The molecule has 1 heterocycles. The van der Waals surface area contributed by atoms with Gasteiger partial charge in [0.25, 0.3) is 0 Å². The summed E-state index contributed by atoms with van der Waals surface area (Å²) in [5, 5.41) is 2.93. The van der Waals surface area contributed by atoms with E-state index in [0.29, 0.717) is 17.8 Å². The fourth-order valence-electron chi connectivity index (χ4n) is 1.39. The van der Waals surface area contributed by atoms with Crippen LogP contribution < -0.4 is 10.1 Å². The van der Waals surface area contributed by atoms with Crippen LogP contribution in [-0.4, -0.2) is 12.0 Å². The lowest BCUT2D eigenvalue weighted by Gasteiger charge is -2.03. The van der Waals surface area contributed by atoms with Crippen molar-refractivity contribution >= 4 is 0 Å². The van der Waals surface area contributed by atoms with Gasteiger partial charge in [0.2, 0.25) is 0 Å². The molecule has 0 saturated carbocycles. The minimum atomic E-state index is -0.402. The normalized spacial score (nSPS) is 10.5. The zero-order valence-electron chi connectivity index (χ0n) is 9.66. The summed E-state index contributed by atoms with van der Waals surface area (Å²) in [7, 11) is 1.80. The Kier molecular flexibility index (Phi) is 3.39. The van der Waals surface area contributed by atoms with E-state index < -0.39 is 5.82 Å². The summed E-state index contributed by atoms with van der Waals surface area (Å²) in [5.74, 6) is -0.288. The average molecular weight is 236 g/mol. The number of ether oxygens (including phenoxy) is 1. The Morgan fingerprint density at radius 1 is 1.47 bits per heavy atom. The van der Waals surface area contributed by atoms with Crippen LogP contribution in [0, 0.1) is 12.7 Å². The molecule has 1 aromatic carbocycles. The van der Waals surface area contributed by atoms with Crippen molar-refractivity contribution in [1.82, 2.24) is 10.3 Å². The van der Waals surface area contributed by atoms with E-state index in [-0.39, 0.29) is 11.8 Å². The van der Waals surface area contributed by atoms with Crippen molar-refractivity contribution in [3.05, 3.63) is 41.5 Å². The third-order valence-electron chi connectivity index (χ3n) is 2.24. The Morgan fingerprint density at radius 2 is 2.29 bits per heavy atom. The summed E-state index contributed by atoms with van der Waals surface area (Å²) in [6.45, 7) is 2.24. The molecular formula is C12H13FN2O2. The molecule has 2 aromatic rings. The molecule has 2 rings (SSSR count). The predicted octanol–water partition coefficient (Wildman–Crippen LogP) is 2.63. The van der Waals surface area contributed by atoms with E-state index in [4.69, 9.17) is 9.15 Å². The molecule has 0 amide bonds. The second-order valence-electron chi connectivity index (χ2n) is 3.62. The average Bonchev–Trinajstić information content (AvgIpc) is 2.73. The van der Waals surface area contributed by atoms with Crippen LogP contribution in [0.4, 0.5) is 4.39 Å². The molecule has 0 aliphatic heterocycles. The van der Waals surface area contributed by atoms with E-state index in [9.17, 15) is 4.39 Å². The lowest BCUT2D eigenvalue weighted by Crippen LogP contribution is -2.04. The van der Waals surface area contributed by atoms with Gasteiger partial charge in [0.15, 0.2) is 11.6 Å². The fourth-order valence-corrected chi connectivity index (χ4v) is 1.39. The van der Waals surface area contributed by atoms with Gasteiger partial charge in [-0.3, -0.25) is 0 Å². The lowest BCUT2D eigenvalue weighted by atomic mass is 10.2. The molecule has 0 bridgehead atoms. The highest BCUT2D eigenvalue weighted by molar-refractivity contribution is 5.31. The Hall–Kier alpha value is -1.88. The Morgan fingerprint density at radius 3 is 3.06 bits per heavy atom. The van der Waals surface area contributed by atoms with Crippen LogP contribution >= 0.6 is 0 Å². The molecular weight excluding hydrogens is 223 g/mol. The first-order chi connectivity index (χ1) is 8.20. The molecule has 0 radical (unpaired) electrons. The zero-order chi connectivity index (χ0) is 12.3. The molecule has 17 heavy (non-hydrogen) atoms. The standard InChI is InChI=1S/C12H13FN2O2/c1-8-4-3-5-10(11(8)13)17-12-15-9(6-14-2)7-16-12/h3-5,7,14H,6H2,1-2H3. The maximum Gasteiger partial charge on any atom is 0.399 e. The summed E-state index contributed by atoms with van der Waals surface area (Å²) in [6, 6.07) is 4.92. The monoisotopic (exact) mass is 236 g/mol. The first kappa shape index (κ1) is 11.6. The summed E-state index contributed by atoms with van der Waals surface area (Å²) in [4.78, 5) is 4.05. The molecule has 0 fully saturated rings. The van der Waals surface area contributed by atoms with Crippen molar-refractivity contribution in [3.8, 4) is 11.8 Å². The Balaban J connectivity index is 2.16. The topological polar surface area (TPSA) is 47.3 Å². The van der Waals surface area contributed by atoms with Crippen LogP contribution in [0.5, 0.6) is 11.8 Å². The van der Waals surface area contributed by atoms with Crippen LogP contribution in [-0.2, 0) is 6.54 Å². The van der Waals surface area contributed by atoms with Crippen LogP contribution in [0.3, 0.4) is 0 Å². The minimum Gasteiger partial charge on any atom is -0.417 e. The minimum absolute atomic E-state index is 0.0414. The van der Waals surface area contributed by atoms with Crippen LogP contribution in [0.2, 0.25) is 0 Å². The smallest absolute Gasteiger partial charge is 0.399 e. The number of nitrogens with one attached hydrogen (secondary N) is 1. The summed E-state index contributed by atoms with van der Waals surface area (Å²) in [6.07, 6.45) is 1.51. The maximum atomic E-state index is 13.6. The van der Waals surface area contributed by atoms with E-state index in [2.05, 4.69) is 10.3 Å². The molecule has 1 N–H and O–H groups in total. The molecule has 0 saturated heterocycles. The third-order valence-corrected chi connectivity index (χ3v) is 2.24. The lowest BCUT2D eigenvalue weighted by molar-refractivity contribution is 0.317. The van der Waals surface area contributed by atoms with Crippen molar-refractivity contribution < 1.29 is 13.5 Å². The molecule has 0 atom stereocenters. The van der Waals surface area contributed by atoms with Gasteiger partial charge < -0.3 is 14.5 Å². The number of rotatable bonds is 4. The van der Waals surface area contributed by atoms with Crippen molar-refractivity contribution in [2.24, 2.45) is 0 Å². The van der Waals surface area contributed by atoms with Gasteiger partial charge in [0, 0.05) is 6.54 Å². The Bertz CT molecular complexity index is 511. The number of oxazole rings is 1. The van der Waals surface area contributed by atoms with E-state index in [1.165, 1.54) is 12.3 Å². The number of aromatic nitrogens is 1. The predicted molar refractivity (Wildman–Crippen MR) is 60.5 cm³/mol. The SMILES string of the molecule is CNCc1coc(Oc2cccc(C)c2F)n1. The van der Waals surface area contributed by atoms with Crippen LogP contribution in [0.15, 0.2) is 28.9 Å². The van der Waals surface area contributed by atoms with E-state index >= 15 is 0 Å². The molecule has 0 unspecified atom stereocenters. The second-order valence-corrected chi connectivity index (χ2v) is 3.62. The van der Waals surface area contributed by atoms with Gasteiger partial charge >= 0.3 is 6.08 Å². The first-order valence-corrected chi connectivity index (χ1v) is 5.22. The number of aryl methyl sites for hydroxylation is 1. The highest BCUT2D eigenvalue weighted by atomic mass is 19.1. The van der Waals surface area contributed by atoms with E-state index in [1.54, 1.807) is 26.1 Å². The molecule has 5 heteroatoms. The number of nitrogens with zero attached hydrogens (tertiary/aromatic N) is 1. The number of benzene rings is 1.